The van der Waals surface area contributed by atoms with Gasteiger partial charge in [-0.3, -0.25) is 4.79 Å². The first kappa shape index (κ1) is 7.40. The van der Waals surface area contributed by atoms with Gasteiger partial charge in [-0.05, 0) is 0 Å². The van der Waals surface area contributed by atoms with Gasteiger partial charge < -0.3 is 10.4 Å². The fraction of sp³-hybridized carbons (Fsp3) is 0.800. The molecule has 10 heavy (non-hydrogen) atoms. The highest BCUT2D eigenvalue weighted by Crippen LogP contribution is 2.28. The van der Waals surface area contributed by atoms with Crippen molar-refractivity contribution in [2.24, 2.45) is 5.92 Å². The molecule has 0 aromatic carbocycles. The molecule has 1 rings (SSSR count). The molecule has 1 heterocycles. The zero-order valence-corrected chi connectivity index (χ0v) is 5.10. The van der Waals surface area contributed by atoms with Crippen LogP contribution >= 0.6 is 0 Å². The van der Waals surface area contributed by atoms with Crippen molar-refractivity contribution in [3.63, 3.8) is 0 Å². The molecule has 0 aromatic heterocycles. The summed E-state index contributed by atoms with van der Waals surface area (Å²) in [6, 6.07) is 0. The van der Waals surface area contributed by atoms with Gasteiger partial charge in [0.1, 0.15) is 0 Å². The molecular formula is C5H7F2NO2. The highest BCUT2D eigenvalue weighted by molar-refractivity contribution is 5.85. The first-order valence-electron chi connectivity index (χ1n) is 2.86. The van der Waals surface area contributed by atoms with Gasteiger partial charge in [0.05, 0.1) is 12.5 Å². The van der Waals surface area contributed by atoms with Crippen LogP contribution in [0.2, 0.25) is 0 Å². The topological polar surface area (TPSA) is 49.3 Å². The second-order valence-corrected chi connectivity index (χ2v) is 2.21. The monoisotopic (exact) mass is 151 g/mol. The Balaban J connectivity index is 2.73. The van der Waals surface area contributed by atoms with E-state index in [1.165, 1.54) is 0 Å². The van der Waals surface area contributed by atoms with Gasteiger partial charge in [0.15, 0.2) is 0 Å². The highest BCUT2D eigenvalue weighted by Gasteiger charge is 2.51. The molecule has 0 saturated carbocycles. The van der Waals surface area contributed by atoms with Gasteiger partial charge in [-0.25, -0.2) is 0 Å². The fourth-order valence-corrected chi connectivity index (χ4v) is 0.827. The third kappa shape index (κ3) is 0.862. The van der Waals surface area contributed by atoms with E-state index in [9.17, 15) is 13.6 Å². The highest BCUT2D eigenvalue weighted by atomic mass is 19.3. The van der Waals surface area contributed by atoms with Crippen molar-refractivity contribution in [1.29, 1.82) is 0 Å². The SMILES string of the molecule is O=C1NCC(CO)C1(F)F. The van der Waals surface area contributed by atoms with Crippen LogP contribution in [0.3, 0.4) is 0 Å². The van der Waals surface area contributed by atoms with Gasteiger partial charge in [0, 0.05) is 6.54 Å². The predicted octanol–water partition coefficient (Wildman–Crippen LogP) is -0.640. The van der Waals surface area contributed by atoms with Crippen LogP contribution in [0.4, 0.5) is 8.78 Å². The minimum absolute atomic E-state index is 0.137. The molecule has 1 saturated heterocycles. The lowest BCUT2D eigenvalue weighted by atomic mass is 10.1. The van der Waals surface area contributed by atoms with E-state index in [-0.39, 0.29) is 6.54 Å². The molecule has 1 aliphatic heterocycles. The van der Waals surface area contributed by atoms with E-state index in [0.717, 1.165) is 0 Å². The minimum Gasteiger partial charge on any atom is -0.396 e. The second kappa shape index (κ2) is 2.16. The molecule has 1 unspecified atom stereocenters. The number of carbonyl (C=O) groups is 1. The molecule has 2 N–H and O–H groups in total. The van der Waals surface area contributed by atoms with E-state index in [4.69, 9.17) is 5.11 Å². The van der Waals surface area contributed by atoms with Gasteiger partial charge in [-0.2, -0.15) is 8.78 Å². The summed E-state index contributed by atoms with van der Waals surface area (Å²) >= 11 is 0. The summed E-state index contributed by atoms with van der Waals surface area (Å²) in [6.45, 7) is -0.798. The second-order valence-electron chi connectivity index (χ2n) is 2.21. The largest absolute Gasteiger partial charge is 0.396 e. The average molecular weight is 151 g/mol. The van der Waals surface area contributed by atoms with Gasteiger partial charge in [0.2, 0.25) is 0 Å². The van der Waals surface area contributed by atoms with Crippen LogP contribution in [0.15, 0.2) is 0 Å². The van der Waals surface area contributed by atoms with Crippen molar-refractivity contribution in [2.75, 3.05) is 13.2 Å². The summed E-state index contributed by atoms with van der Waals surface area (Å²) in [7, 11) is 0. The van der Waals surface area contributed by atoms with Crippen LogP contribution in [-0.4, -0.2) is 30.1 Å². The summed E-state index contributed by atoms with van der Waals surface area (Å²) in [5.74, 6) is -5.92. The maximum Gasteiger partial charge on any atom is 0.331 e. The van der Waals surface area contributed by atoms with E-state index in [0.29, 0.717) is 0 Å². The number of halogens is 2. The molecule has 1 atom stereocenters. The van der Waals surface area contributed by atoms with Crippen molar-refractivity contribution in [3.8, 4) is 0 Å². The first-order valence-corrected chi connectivity index (χ1v) is 2.86. The quantitative estimate of drug-likeness (QED) is 0.523. The fourth-order valence-electron chi connectivity index (χ4n) is 0.827. The van der Waals surface area contributed by atoms with E-state index < -0.39 is 24.4 Å². The average Bonchev–Trinajstić information content (AvgIpc) is 2.10. The summed E-state index contributed by atoms with van der Waals surface area (Å²) in [5, 5.41) is 10.3. The Bertz CT molecular complexity index is 160. The number of carbonyl (C=O) groups excluding carboxylic acids is 1. The number of alkyl halides is 2. The molecule has 1 fully saturated rings. The van der Waals surface area contributed by atoms with Gasteiger partial charge >= 0.3 is 5.92 Å². The van der Waals surface area contributed by atoms with Crippen molar-refractivity contribution >= 4 is 5.91 Å². The lowest BCUT2D eigenvalue weighted by Crippen LogP contribution is -2.34. The molecule has 0 aliphatic carbocycles. The standard InChI is InChI=1S/C5H7F2NO2/c6-5(7)3(2-9)1-8-4(5)10/h3,9H,1-2H2,(H,8,10). The summed E-state index contributed by atoms with van der Waals surface area (Å²) in [6.07, 6.45) is 0. The van der Waals surface area contributed by atoms with Crippen molar-refractivity contribution < 1.29 is 18.7 Å². The van der Waals surface area contributed by atoms with E-state index >= 15 is 0 Å². The molecule has 0 bridgehead atoms. The van der Waals surface area contributed by atoms with Crippen molar-refractivity contribution in [1.82, 2.24) is 5.32 Å². The van der Waals surface area contributed by atoms with Crippen LogP contribution in [0, 0.1) is 5.92 Å². The normalized spacial score (nSPS) is 30.3. The molecule has 1 aliphatic rings. The minimum atomic E-state index is -3.38. The van der Waals surface area contributed by atoms with Crippen molar-refractivity contribution in [3.05, 3.63) is 0 Å². The maximum atomic E-state index is 12.4. The molecule has 3 nitrogen and oxygen atoms in total. The Morgan fingerprint density at radius 3 is 2.60 bits per heavy atom. The first-order chi connectivity index (χ1) is 4.59. The van der Waals surface area contributed by atoms with Gasteiger partial charge in [-0.1, -0.05) is 0 Å². The number of aliphatic hydroxyl groups is 1. The molecule has 0 radical (unpaired) electrons. The third-order valence-corrected chi connectivity index (χ3v) is 1.54. The van der Waals surface area contributed by atoms with Gasteiger partial charge in [0.25, 0.3) is 5.91 Å². The Labute approximate surface area is 56.0 Å². The zero-order valence-electron chi connectivity index (χ0n) is 5.10. The van der Waals surface area contributed by atoms with Gasteiger partial charge in [-0.15, -0.1) is 0 Å². The Morgan fingerprint density at radius 2 is 2.40 bits per heavy atom. The zero-order chi connectivity index (χ0) is 7.78. The summed E-state index contributed by atoms with van der Waals surface area (Å²) in [4.78, 5) is 10.3. The number of nitrogens with one attached hydrogen (secondary N) is 1. The molecule has 5 heteroatoms. The van der Waals surface area contributed by atoms with Crippen LogP contribution in [0.25, 0.3) is 0 Å². The third-order valence-electron chi connectivity index (χ3n) is 1.54. The lowest BCUT2D eigenvalue weighted by Gasteiger charge is -2.11. The van der Waals surface area contributed by atoms with E-state index in [1.807, 2.05) is 5.32 Å². The summed E-state index contributed by atoms with van der Waals surface area (Å²) in [5.41, 5.74) is 0. The molecule has 1 amide bonds. The molecule has 0 spiro atoms. The van der Waals surface area contributed by atoms with E-state index in [1.54, 1.807) is 0 Å². The molecular weight excluding hydrogens is 144 g/mol. The van der Waals surface area contributed by atoms with E-state index in [2.05, 4.69) is 0 Å². The number of amides is 1. The van der Waals surface area contributed by atoms with Crippen LogP contribution in [-0.2, 0) is 4.79 Å². The Hall–Kier alpha value is -0.710. The number of hydrogen-bond donors (Lipinski definition) is 2. The number of hydrogen-bond acceptors (Lipinski definition) is 2. The smallest absolute Gasteiger partial charge is 0.331 e. The maximum absolute atomic E-state index is 12.4. The lowest BCUT2D eigenvalue weighted by molar-refractivity contribution is -0.145. The predicted molar refractivity (Wildman–Crippen MR) is 28.5 cm³/mol. The van der Waals surface area contributed by atoms with Crippen molar-refractivity contribution in [2.45, 2.75) is 5.92 Å². The molecule has 0 aromatic rings. The number of rotatable bonds is 1. The van der Waals surface area contributed by atoms with Crippen LogP contribution < -0.4 is 5.32 Å². The van der Waals surface area contributed by atoms with Crippen LogP contribution in [0.5, 0.6) is 0 Å². The number of aliphatic hydroxyl groups excluding tert-OH is 1. The summed E-state index contributed by atoms with van der Waals surface area (Å²) < 4.78 is 24.9. The Morgan fingerprint density at radius 1 is 1.80 bits per heavy atom. The Kier molecular flexibility index (Phi) is 1.60. The molecule has 58 valence electrons. The van der Waals surface area contributed by atoms with Crippen LogP contribution in [0.1, 0.15) is 0 Å².